The highest BCUT2D eigenvalue weighted by Gasteiger charge is 2.13. The number of nitrogens with zero attached hydrogens (tertiary/aromatic N) is 1. The lowest BCUT2D eigenvalue weighted by Gasteiger charge is -2.15. The average Bonchev–Trinajstić information content (AvgIpc) is 3.08. The van der Waals surface area contributed by atoms with Gasteiger partial charge in [0.1, 0.15) is 0 Å². The highest BCUT2D eigenvalue weighted by Crippen LogP contribution is 2.38. The predicted octanol–water partition coefficient (Wildman–Crippen LogP) is 3.44. The minimum absolute atomic E-state index is 0.584. The Morgan fingerprint density at radius 2 is 1.77 bits per heavy atom. The van der Waals surface area contributed by atoms with Gasteiger partial charge < -0.3 is 24.8 Å². The zero-order chi connectivity index (χ0) is 18.9. The number of aliphatic imine (C=N–C) groups is 1. The van der Waals surface area contributed by atoms with Crippen molar-refractivity contribution in [3.63, 3.8) is 0 Å². The Morgan fingerprint density at radius 1 is 1.08 bits per heavy atom. The fourth-order valence-corrected chi connectivity index (χ4v) is 3.92. The molecule has 6 nitrogen and oxygen atoms in total. The first-order chi connectivity index (χ1) is 12.6. The van der Waals surface area contributed by atoms with E-state index in [0.29, 0.717) is 23.8 Å². The Balaban J connectivity index is 1.93. The van der Waals surface area contributed by atoms with Crippen LogP contribution >= 0.6 is 27.3 Å². The first-order valence-corrected chi connectivity index (χ1v) is 9.69. The Kier molecular flexibility index (Phi) is 8.06. The van der Waals surface area contributed by atoms with Crippen LogP contribution in [0.5, 0.6) is 17.2 Å². The number of benzene rings is 1. The third-order valence-corrected chi connectivity index (χ3v) is 5.38. The van der Waals surface area contributed by atoms with Gasteiger partial charge in [0.05, 0.1) is 25.1 Å². The van der Waals surface area contributed by atoms with E-state index in [-0.39, 0.29) is 0 Å². The molecule has 0 bridgehead atoms. The largest absolute Gasteiger partial charge is 0.493 e. The van der Waals surface area contributed by atoms with Crippen LogP contribution in [-0.2, 0) is 13.0 Å². The van der Waals surface area contributed by atoms with Gasteiger partial charge in [-0.25, -0.2) is 0 Å². The fourth-order valence-electron chi connectivity index (χ4n) is 2.43. The second-order valence-electron chi connectivity index (χ2n) is 5.34. The number of methoxy groups -OCH3 is 3. The van der Waals surface area contributed by atoms with E-state index in [1.165, 1.54) is 4.88 Å². The number of hydrogen-bond donors (Lipinski definition) is 2. The lowest BCUT2D eigenvalue weighted by molar-refractivity contribution is 0.323. The van der Waals surface area contributed by atoms with E-state index in [0.717, 1.165) is 28.3 Å². The van der Waals surface area contributed by atoms with Gasteiger partial charge in [-0.15, -0.1) is 11.3 Å². The molecule has 0 spiro atoms. The monoisotopic (exact) mass is 441 g/mol. The summed E-state index contributed by atoms with van der Waals surface area (Å²) >= 11 is 5.23. The number of nitrogens with one attached hydrogen (secondary N) is 2. The highest BCUT2D eigenvalue weighted by atomic mass is 79.9. The van der Waals surface area contributed by atoms with Gasteiger partial charge in [-0.3, -0.25) is 4.99 Å². The van der Waals surface area contributed by atoms with Gasteiger partial charge >= 0.3 is 0 Å². The number of guanidine groups is 1. The minimum Gasteiger partial charge on any atom is -0.493 e. The SMILES string of the molecule is CN=C(NCCc1ccc(Br)s1)NCc1cc(OC)c(OC)c(OC)c1. The molecule has 0 aliphatic rings. The summed E-state index contributed by atoms with van der Waals surface area (Å²) in [5.74, 6) is 2.60. The van der Waals surface area contributed by atoms with Crippen LogP contribution in [0.1, 0.15) is 10.4 Å². The van der Waals surface area contributed by atoms with E-state index >= 15 is 0 Å². The molecular weight excluding hydrogens is 418 g/mol. The number of rotatable bonds is 8. The van der Waals surface area contributed by atoms with Crippen LogP contribution in [0.2, 0.25) is 0 Å². The molecule has 2 rings (SSSR count). The molecule has 0 unspecified atom stereocenters. The molecule has 142 valence electrons. The predicted molar refractivity (Wildman–Crippen MR) is 110 cm³/mol. The third kappa shape index (κ3) is 5.54. The molecule has 0 atom stereocenters. The van der Waals surface area contributed by atoms with Crippen molar-refractivity contribution in [2.24, 2.45) is 4.99 Å². The smallest absolute Gasteiger partial charge is 0.203 e. The maximum absolute atomic E-state index is 5.39. The fraction of sp³-hybridized carbons (Fsp3) is 0.389. The second-order valence-corrected chi connectivity index (χ2v) is 7.89. The molecule has 0 aliphatic heterocycles. The maximum Gasteiger partial charge on any atom is 0.203 e. The Bertz CT molecular complexity index is 724. The van der Waals surface area contributed by atoms with E-state index in [4.69, 9.17) is 14.2 Å². The molecular formula is C18H24BrN3O3S. The van der Waals surface area contributed by atoms with Crippen molar-refractivity contribution in [2.45, 2.75) is 13.0 Å². The Labute approximate surface area is 166 Å². The van der Waals surface area contributed by atoms with E-state index in [9.17, 15) is 0 Å². The molecule has 0 radical (unpaired) electrons. The van der Waals surface area contributed by atoms with Crippen molar-refractivity contribution < 1.29 is 14.2 Å². The molecule has 26 heavy (non-hydrogen) atoms. The van der Waals surface area contributed by atoms with E-state index in [1.54, 1.807) is 39.7 Å². The van der Waals surface area contributed by atoms with Gasteiger partial charge in [0.25, 0.3) is 0 Å². The molecule has 0 saturated carbocycles. The van der Waals surface area contributed by atoms with Crippen LogP contribution in [0, 0.1) is 0 Å². The molecule has 1 aromatic carbocycles. The molecule has 1 aromatic heterocycles. The van der Waals surface area contributed by atoms with E-state index in [2.05, 4.69) is 43.7 Å². The van der Waals surface area contributed by atoms with Crippen molar-refractivity contribution in [1.29, 1.82) is 0 Å². The summed E-state index contributed by atoms with van der Waals surface area (Å²) in [5, 5.41) is 6.62. The average molecular weight is 442 g/mol. The summed E-state index contributed by atoms with van der Waals surface area (Å²) in [6.45, 7) is 1.39. The Morgan fingerprint density at radius 3 is 2.27 bits per heavy atom. The van der Waals surface area contributed by atoms with Gasteiger partial charge in [-0.1, -0.05) is 0 Å². The number of thiophene rings is 1. The second kappa shape index (κ2) is 10.3. The van der Waals surface area contributed by atoms with E-state index in [1.807, 2.05) is 12.1 Å². The molecule has 0 saturated heterocycles. The topological polar surface area (TPSA) is 64.1 Å². The molecule has 8 heteroatoms. The van der Waals surface area contributed by atoms with Gasteiger partial charge in [0.2, 0.25) is 5.75 Å². The molecule has 1 heterocycles. The summed E-state index contributed by atoms with van der Waals surface area (Å²) < 4.78 is 17.3. The normalized spacial score (nSPS) is 11.2. The first kappa shape index (κ1) is 20.4. The summed E-state index contributed by atoms with van der Waals surface area (Å²) in [4.78, 5) is 5.58. The van der Waals surface area contributed by atoms with Crippen molar-refractivity contribution in [2.75, 3.05) is 34.9 Å². The van der Waals surface area contributed by atoms with Crippen LogP contribution in [0.3, 0.4) is 0 Å². The van der Waals surface area contributed by atoms with Crippen LogP contribution in [0.15, 0.2) is 33.0 Å². The molecule has 0 fully saturated rings. The Hall–Kier alpha value is -1.93. The van der Waals surface area contributed by atoms with Crippen molar-refractivity contribution in [1.82, 2.24) is 10.6 Å². The molecule has 0 amide bonds. The summed E-state index contributed by atoms with van der Waals surface area (Å²) in [6.07, 6.45) is 0.946. The number of halogens is 1. The van der Waals surface area contributed by atoms with Gasteiger partial charge in [0, 0.05) is 25.0 Å². The zero-order valence-electron chi connectivity index (χ0n) is 15.4. The molecule has 2 aromatic rings. The van der Waals surface area contributed by atoms with Crippen molar-refractivity contribution in [3.05, 3.63) is 38.5 Å². The van der Waals surface area contributed by atoms with E-state index < -0.39 is 0 Å². The standard InChI is InChI=1S/C18H24BrN3O3S/c1-20-18(21-8-7-13-5-6-16(19)26-13)22-11-12-9-14(23-2)17(25-4)15(10-12)24-3/h5-6,9-10H,7-8,11H2,1-4H3,(H2,20,21,22). The van der Waals surface area contributed by atoms with Gasteiger partial charge in [-0.05, 0) is 52.2 Å². The maximum atomic E-state index is 5.39. The summed E-state index contributed by atoms with van der Waals surface area (Å²) in [6, 6.07) is 8.04. The van der Waals surface area contributed by atoms with Crippen LogP contribution in [0.4, 0.5) is 0 Å². The molecule has 0 aliphatic carbocycles. The van der Waals surface area contributed by atoms with Crippen molar-refractivity contribution in [3.8, 4) is 17.2 Å². The highest BCUT2D eigenvalue weighted by molar-refractivity contribution is 9.11. The minimum atomic E-state index is 0.584. The van der Waals surface area contributed by atoms with Gasteiger partial charge in [-0.2, -0.15) is 0 Å². The quantitative estimate of drug-likeness (QED) is 0.485. The number of ether oxygens (including phenoxy) is 3. The van der Waals surface area contributed by atoms with Crippen LogP contribution in [0.25, 0.3) is 0 Å². The van der Waals surface area contributed by atoms with Crippen LogP contribution in [-0.4, -0.2) is 40.9 Å². The first-order valence-electron chi connectivity index (χ1n) is 8.08. The third-order valence-electron chi connectivity index (χ3n) is 3.70. The van der Waals surface area contributed by atoms with Crippen LogP contribution < -0.4 is 24.8 Å². The zero-order valence-corrected chi connectivity index (χ0v) is 17.8. The molecule has 2 N–H and O–H groups in total. The summed E-state index contributed by atoms with van der Waals surface area (Å²) in [7, 11) is 6.57. The lowest BCUT2D eigenvalue weighted by atomic mass is 10.2. The lowest BCUT2D eigenvalue weighted by Crippen LogP contribution is -2.37. The summed E-state index contributed by atoms with van der Waals surface area (Å²) in [5.41, 5.74) is 1.00. The van der Waals surface area contributed by atoms with Gasteiger partial charge in [0.15, 0.2) is 17.5 Å². The number of hydrogen-bond acceptors (Lipinski definition) is 5. The van der Waals surface area contributed by atoms with Crippen molar-refractivity contribution >= 4 is 33.2 Å².